The maximum atomic E-state index is 11.5. The lowest BCUT2D eigenvalue weighted by molar-refractivity contribution is 0.0600. The van der Waals surface area contributed by atoms with Crippen LogP contribution in [0.25, 0.3) is 12.2 Å². The summed E-state index contributed by atoms with van der Waals surface area (Å²) >= 11 is 0. The van der Waals surface area contributed by atoms with Gasteiger partial charge in [0, 0.05) is 6.20 Å². The van der Waals surface area contributed by atoms with Crippen molar-refractivity contribution in [3.63, 3.8) is 0 Å². The number of methoxy groups -OCH3 is 1. The number of hydrogen-bond donors (Lipinski definition) is 0. The summed E-state index contributed by atoms with van der Waals surface area (Å²) in [6.07, 6.45) is 5.37. The molecule has 0 unspecified atom stereocenters. The summed E-state index contributed by atoms with van der Waals surface area (Å²) in [7, 11) is 1.36. The summed E-state index contributed by atoms with van der Waals surface area (Å²) in [6.45, 7) is 0. The molecule has 0 spiro atoms. The number of hydrogen-bond acceptors (Lipinski definition) is 3. The average Bonchev–Trinajstić information content (AvgIpc) is 2.45. The molecule has 0 aliphatic rings. The second-order valence-corrected chi connectivity index (χ2v) is 3.67. The summed E-state index contributed by atoms with van der Waals surface area (Å²) in [5.41, 5.74) is 2.12. The van der Waals surface area contributed by atoms with Crippen molar-refractivity contribution in [2.24, 2.45) is 0 Å². The summed E-state index contributed by atoms with van der Waals surface area (Å²) in [5, 5.41) is 0. The van der Waals surface area contributed by atoms with E-state index < -0.39 is 0 Å². The molecule has 2 rings (SSSR count). The van der Waals surface area contributed by atoms with Crippen LogP contribution in [0.2, 0.25) is 0 Å². The lowest BCUT2D eigenvalue weighted by atomic mass is 10.1. The van der Waals surface area contributed by atoms with Crippen LogP contribution in [-0.4, -0.2) is 18.1 Å². The van der Waals surface area contributed by atoms with E-state index in [-0.39, 0.29) is 5.97 Å². The lowest BCUT2D eigenvalue weighted by Gasteiger charge is -2.02. The highest BCUT2D eigenvalue weighted by Gasteiger charge is 2.09. The van der Waals surface area contributed by atoms with E-state index in [1.165, 1.54) is 7.11 Å². The Morgan fingerprint density at radius 3 is 2.61 bits per heavy atom. The SMILES string of the molecule is COC(=O)c1cccnc1/C=C/c1ccccc1. The smallest absolute Gasteiger partial charge is 0.340 e. The quantitative estimate of drug-likeness (QED) is 0.773. The first-order chi connectivity index (χ1) is 8.81. The topological polar surface area (TPSA) is 39.2 Å². The van der Waals surface area contributed by atoms with Crippen LogP contribution in [0.15, 0.2) is 48.7 Å². The zero-order valence-corrected chi connectivity index (χ0v) is 10.0. The highest BCUT2D eigenvalue weighted by Crippen LogP contribution is 2.11. The Kier molecular flexibility index (Phi) is 3.86. The van der Waals surface area contributed by atoms with Gasteiger partial charge in [0.15, 0.2) is 0 Å². The second kappa shape index (κ2) is 5.77. The number of carbonyl (C=O) groups is 1. The molecule has 0 atom stereocenters. The van der Waals surface area contributed by atoms with Crippen LogP contribution in [-0.2, 0) is 4.74 Å². The Bertz CT molecular complexity index is 562. The minimum absolute atomic E-state index is 0.379. The Balaban J connectivity index is 2.29. The summed E-state index contributed by atoms with van der Waals surface area (Å²) < 4.78 is 4.72. The van der Waals surface area contributed by atoms with Gasteiger partial charge in [0.05, 0.1) is 18.4 Å². The van der Waals surface area contributed by atoms with Gasteiger partial charge in [-0.1, -0.05) is 36.4 Å². The van der Waals surface area contributed by atoms with Gasteiger partial charge in [-0.05, 0) is 23.8 Å². The fourth-order valence-corrected chi connectivity index (χ4v) is 1.57. The van der Waals surface area contributed by atoms with Crippen LogP contribution in [0.5, 0.6) is 0 Å². The molecule has 1 aromatic carbocycles. The minimum Gasteiger partial charge on any atom is -0.465 e. The van der Waals surface area contributed by atoms with Gasteiger partial charge in [-0.3, -0.25) is 4.98 Å². The van der Waals surface area contributed by atoms with Crippen molar-refractivity contribution in [1.29, 1.82) is 0 Å². The third-order valence-corrected chi connectivity index (χ3v) is 2.48. The van der Waals surface area contributed by atoms with Crippen molar-refractivity contribution in [2.45, 2.75) is 0 Å². The van der Waals surface area contributed by atoms with Crippen LogP contribution in [0.3, 0.4) is 0 Å². The van der Waals surface area contributed by atoms with Crippen molar-refractivity contribution in [2.75, 3.05) is 7.11 Å². The van der Waals surface area contributed by atoms with Gasteiger partial charge in [-0.2, -0.15) is 0 Å². The largest absolute Gasteiger partial charge is 0.465 e. The fraction of sp³-hybridized carbons (Fsp3) is 0.0667. The zero-order valence-electron chi connectivity index (χ0n) is 10.0. The highest BCUT2D eigenvalue weighted by atomic mass is 16.5. The van der Waals surface area contributed by atoms with Crippen molar-refractivity contribution in [1.82, 2.24) is 4.98 Å². The number of rotatable bonds is 3. The third-order valence-electron chi connectivity index (χ3n) is 2.48. The molecule has 18 heavy (non-hydrogen) atoms. The van der Waals surface area contributed by atoms with Crippen LogP contribution >= 0.6 is 0 Å². The van der Waals surface area contributed by atoms with Crippen LogP contribution < -0.4 is 0 Å². The molecule has 2 aromatic rings. The normalized spacial score (nSPS) is 10.5. The number of esters is 1. The van der Waals surface area contributed by atoms with E-state index in [0.717, 1.165) is 5.56 Å². The highest BCUT2D eigenvalue weighted by molar-refractivity contribution is 5.93. The van der Waals surface area contributed by atoms with E-state index in [1.54, 1.807) is 18.3 Å². The summed E-state index contributed by atoms with van der Waals surface area (Å²) in [6, 6.07) is 13.3. The Morgan fingerprint density at radius 1 is 1.11 bits per heavy atom. The molecule has 0 saturated carbocycles. The van der Waals surface area contributed by atoms with Gasteiger partial charge in [0.1, 0.15) is 0 Å². The molecule has 1 heterocycles. The molecule has 1 aromatic heterocycles. The zero-order chi connectivity index (χ0) is 12.8. The van der Waals surface area contributed by atoms with E-state index in [9.17, 15) is 4.79 Å². The van der Waals surface area contributed by atoms with E-state index in [0.29, 0.717) is 11.3 Å². The van der Waals surface area contributed by atoms with Gasteiger partial charge < -0.3 is 4.74 Å². The molecule has 0 saturated heterocycles. The molecule has 0 fully saturated rings. The lowest BCUT2D eigenvalue weighted by Crippen LogP contribution is -2.04. The van der Waals surface area contributed by atoms with Gasteiger partial charge >= 0.3 is 5.97 Å². The van der Waals surface area contributed by atoms with E-state index in [2.05, 4.69) is 4.98 Å². The van der Waals surface area contributed by atoms with Crippen molar-refractivity contribution in [3.05, 3.63) is 65.5 Å². The first-order valence-corrected chi connectivity index (χ1v) is 5.58. The summed E-state index contributed by atoms with van der Waals surface area (Å²) in [5.74, 6) is -0.379. The second-order valence-electron chi connectivity index (χ2n) is 3.67. The van der Waals surface area contributed by atoms with Gasteiger partial charge in [0.2, 0.25) is 0 Å². The molecule has 90 valence electrons. The Hall–Kier alpha value is -2.42. The molecular formula is C15H13NO2. The van der Waals surface area contributed by atoms with Gasteiger partial charge in [0.25, 0.3) is 0 Å². The minimum atomic E-state index is -0.379. The maximum Gasteiger partial charge on any atom is 0.340 e. The van der Waals surface area contributed by atoms with Crippen molar-refractivity contribution in [3.8, 4) is 0 Å². The fourth-order valence-electron chi connectivity index (χ4n) is 1.57. The first-order valence-electron chi connectivity index (χ1n) is 5.58. The first kappa shape index (κ1) is 12.0. The number of nitrogens with zero attached hydrogens (tertiary/aromatic N) is 1. The molecule has 0 N–H and O–H groups in total. The van der Waals surface area contributed by atoms with Gasteiger partial charge in [-0.25, -0.2) is 4.79 Å². The molecular weight excluding hydrogens is 226 g/mol. The number of ether oxygens (including phenoxy) is 1. The number of benzene rings is 1. The van der Waals surface area contributed by atoms with Gasteiger partial charge in [-0.15, -0.1) is 0 Å². The van der Waals surface area contributed by atoms with E-state index >= 15 is 0 Å². The predicted octanol–water partition coefficient (Wildman–Crippen LogP) is 3.04. The monoisotopic (exact) mass is 239 g/mol. The third kappa shape index (κ3) is 2.83. The molecule has 0 bridgehead atoms. The molecule has 0 aliphatic carbocycles. The molecule has 3 nitrogen and oxygen atoms in total. The van der Waals surface area contributed by atoms with E-state index in [1.807, 2.05) is 42.5 Å². The van der Waals surface area contributed by atoms with E-state index in [4.69, 9.17) is 4.74 Å². The number of pyridine rings is 1. The molecule has 3 heteroatoms. The standard InChI is InChI=1S/C15H13NO2/c1-18-15(17)13-8-5-11-16-14(13)10-9-12-6-3-2-4-7-12/h2-11H,1H3/b10-9+. The van der Waals surface area contributed by atoms with Crippen molar-refractivity contribution < 1.29 is 9.53 Å². The Morgan fingerprint density at radius 2 is 1.89 bits per heavy atom. The Labute approximate surface area is 106 Å². The maximum absolute atomic E-state index is 11.5. The van der Waals surface area contributed by atoms with Crippen molar-refractivity contribution >= 4 is 18.1 Å². The predicted molar refractivity (Wildman–Crippen MR) is 70.9 cm³/mol. The van der Waals surface area contributed by atoms with Crippen LogP contribution in [0.1, 0.15) is 21.6 Å². The average molecular weight is 239 g/mol. The number of aromatic nitrogens is 1. The summed E-state index contributed by atoms with van der Waals surface area (Å²) in [4.78, 5) is 15.7. The molecule has 0 aliphatic heterocycles. The van der Waals surface area contributed by atoms with Crippen LogP contribution in [0.4, 0.5) is 0 Å². The molecule has 0 amide bonds. The number of carbonyl (C=O) groups excluding carboxylic acids is 1. The van der Waals surface area contributed by atoms with Crippen LogP contribution in [0, 0.1) is 0 Å². The molecule has 0 radical (unpaired) electrons.